The van der Waals surface area contributed by atoms with Crippen molar-refractivity contribution >= 4 is 0 Å². The minimum absolute atomic E-state index is 0. The zero-order valence-corrected chi connectivity index (χ0v) is 12.9. The predicted octanol–water partition coefficient (Wildman–Crippen LogP) is 1.04. The maximum absolute atomic E-state index is 2.31. The molecule has 0 radical (unpaired) electrons. The van der Waals surface area contributed by atoms with Gasteiger partial charge in [0.05, 0.1) is 0 Å². The first-order chi connectivity index (χ1) is 7.83. The van der Waals surface area contributed by atoms with Gasteiger partial charge in [0.15, 0.2) is 12.4 Å². The molecular weight excluding hydrogens is 274 g/mol. The van der Waals surface area contributed by atoms with E-state index in [4.69, 9.17) is 0 Å². The van der Waals surface area contributed by atoms with Crippen molar-refractivity contribution in [2.75, 3.05) is 0 Å². The maximum Gasteiger partial charge on any atom is 0.171 e. The van der Waals surface area contributed by atoms with Crippen molar-refractivity contribution in [3.8, 4) is 0 Å². The van der Waals surface area contributed by atoms with E-state index in [0.29, 0.717) is 0 Å². The maximum atomic E-state index is 2.31. The van der Waals surface area contributed by atoms with Gasteiger partial charge < -0.3 is 17.0 Å². The van der Waals surface area contributed by atoms with Crippen LogP contribution in [0.3, 0.4) is 0 Å². The molecule has 98 valence electrons. The molecule has 1 nitrogen and oxygen atoms in total. The molecule has 1 aromatic rings. The highest BCUT2D eigenvalue weighted by Crippen LogP contribution is 2.06. The lowest BCUT2D eigenvalue weighted by atomic mass is 10.1. The highest BCUT2D eigenvalue weighted by Gasteiger charge is 1.99. The van der Waals surface area contributed by atoms with Gasteiger partial charge in [-0.3, -0.25) is 0 Å². The Balaban J connectivity index is 0.00000256. The molecule has 0 amide bonds. The minimum atomic E-state index is 0. The normalized spacial score (nSPS) is 10.0. The van der Waals surface area contributed by atoms with Crippen LogP contribution in [0.15, 0.2) is 24.5 Å². The van der Waals surface area contributed by atoms with Crippen LogP contribution in [-0.4, -0.2) is 0 Å². The molecule has 0 aromatic carbocycles. The average molecular weight is 300 g/mol. The summed E-state index contributed by atoms with van der Waals surface area (Å²) in [5.41, 5.74) is 1.35. The first-order valence-corrected chi connectivity index (χ1v) is 6.78. The van der Waals surface area contributed by atoms with Crippen molar-refractivity contribution in [3.05, 3.63) is 30.1 Å². The summed E-state index contributed by atoms with van der Waals surface area (Å²) in [6, 6.07) is 4.29. The van der Waals surface area contributed by atoms with Gasteiger partial charge in [-0.25, -0.2) is 4.57 Å². The molecular formula is C15H26BrN. The molecule has 1 heterocycles. The van der Waals surface area contributed by atoms with Crippen LogP contribution in [0.25, 0.3) is 0 Å². The third kappa shape index (κ3) is 8.37. The molecule has 0 aliphatic carbocycles. The smallest absolute Gasteiger partial charge is 0.171 e. The number of aryl methyl sites for hydroxylation is 2. The van der Waals surface area contributed by atoms with Crippen LogP contribution in [0.4, 0.5) is 0 Å². The summed E-state index contributed by atoms with van der Waals surface area (Å²) in [5.74, 6) is 0. The van der Waals surface area contributed by atoms with Crippen molar-refractivity contribution in [3.63, 3.8) is 0 Å². The SMILES string of the molecule is CCCCCCCCC[n+]1cccc(C)c1.[Br-]. The van der Waals surface area contributed by atoms with Gasteiger partial charge in [-0.05, 0) is 19.4 Å². The Hall–Kier alpha value is -0.370. The van der Waals surface area contributed by atoms with Crippen LogP contribution >= 0.6 is 0 Å². The van der Waals surface area contributed by atoms with E-state index < -0.39 is 0 Å². The number of rotatable bonds is 8. The van der Waals surface area contributed by atoms with E-state index in [1.54, 1.807) is 0 Å². The largest absolute Gasteiger partial charge is 1.00 e. The lowest BCUT2D eigenvalue weighted by Gasteiger charge is -2.00. The molecule has 0 atom stereocenters. The summed E-state index contributed by atoms with van der Waals surface area (Å²) in [5, 5.41) is 0. The molecule has 0 aliphatic heterocycles. The number of aromatic nitrogens is 1. The predicted molar refractivity (Wildman–Crippen MR) is 69.4 cm³/mol. The summed E-state index contributed by atoms with van der Waals surface area (Å²) >= 11 is 0. The van der Waals surface area contributed by atoms with Crippen LogP contribution in [0.5, 0.6) is 0 Å². The van der Waals surface area contributed by atoms with Crippen LogP contribution in [0.1, 0.15) is 57.4 Å². The quantitative estimate of drug-likeness (QED) is 0.499. The molecule has 1 aromatic heterocycles. The van der Waals surface area contributed by atoms with Crippen LogP contribution in [0.2, 0.25) is 0 Å². The molecule has 2 heteroatoms. The Bertz CT molecular complexity index is 286. The number of unbranched alkanes of at least 4 members (excludes halogenated alkanes) is 6. The molecule has 0 unspecified atom stereocenters. The Labute approximate surface area is 117 Å². The van der Waals surface area contributed by atoms with E-state index in [1.165, 1.54) is 57.1 Å². The van der Waals surface area contributed by atoms with Crippen LogP contribution in [0, 0.1) is 6.92 Å². The Morgan fingerprint density at radius 2 is 1.65 bits per heavy atom. The van der Waals surface area contributed by atoms with E-state index in [0.717, 1.165) is 0 Å². The topological polar surface area (TPSA) is 3.88 Å². The van der Waals surface area contributed by atoms with Gasteiger partial charge in [0.2, 0.25) is 0 Å². The van der Waals surface area contributed by atoms with Crippen molar-refractivity contribution in [1.82, 2.24) is 0 Å². The molecule has 0 fully saturated rings. The second-order valence-corrected chi connectivity index (χ2v) is 4.74. The van der Waals surface area contributed by atoms with E-state index in [2.05, 4.69) is 42.9 Å². The summed E-state index contributed by atoms with van der Waals surface area (Å²) < 4.78 is 2.31. The molecule has 0 saturated carbocycles. The van der Waals surface area contributed by atoms with Crippen molar-refractivity contribution in [2.45, 2.75) is 65.3 Å². The summed E-state index contributed by atoms with van der Waals surface area (Å²) in [7, 11) is 0. The molecule has 0 saturated heterocycles. The van der Waals surface area contributed by atoms with Gasteiger partial charge in [-0.1, -0.05) is 39.0 Å². The van der Waals surface area contributed by atoms with E-state index in [9.17, 15) is 0 Å². The fourth-order valence-corrected chi connectivity index (χ4v) is 2.04. The number of hydrogen-bond donors (Lipinski definition) is 0. The van der Waals surface area contributed by atoms with E-state index >= 15 is 0 Å². The van der Waals surface area contributed by atoms with E-state index in [1.807, 2.05) is 0 Å². The number of pyridine rings is 1. The lowest BCUT2D eigenvalue weighted by molar-refractivity contribution is -0.697. The highest BCUT2D eigenvalue weighted by atomic mass is 79.9. The third-order valence-corrected chi connectivity index (χ3v) is 3.03. The molecule has 1 rings (SSSR count). The molecule has 0 spiro atoms. The Morgan fingerprint density at radius 1 is 1.00 bits per heavy atom. The second-order valence-electron chi connectivity index (χ2n) is 4.74. The Morgan fingerprint density at radius 3 is 2.29 bits per heavy atom. The average Bonchev–Trinajstić information content (AvgIpc) is 2.28. The second kappa shape index (κ2) is 10.8. The lowest BCUT2D eigenvalue weighted by Crippen LogP contribution is -3.00. The summed E-state index contributed by atoms with van der Waals surface area (Å²) in [6.45, 7) is 5.60. The summed E-state index contributed by atoms with van der Waals surface area (Å²) in [4.78, 5) is 0. The van der Waals surface area contributed by atoms with Gasteiger partial charge in [-0.2, -0.15) is 0 Å². The fourth-order valence-electron chi connectivity index (χ4n) is 2.04. The van der Waals surface area contributed by atoms with Gasteiger partial charge >= 0.3 is 0 Å². The number of nitrogens with zero attached hydrogens (tertiary/aromatic N) is 1. The Kier molecular flexibility index (Phi) is 10.5. The van der Waals surface area contributed by atoms with Crippen LogP contribution in [-0.2, 0) is 6.54 Å². The van der Waals surface area contributed by atoms with Gasteiger partial charge in [-0.15, -0.1) is 0 Å². The van der Waals surface area contributed by atoms with Crippen molar-refractivity contribution in [2.24, 2.45) is 0 Å². The van der Waals surface area contributed by atoms with Crippen molar-refractivity contribution in [1.29, 1.82) is 0 Å². The van der Waals surface area contributed by atoms with Crippen LogP contribution < -0.4 is 21.5 Å². The zero-order chi connectivity index (χ0) is 11.6. The van der Waals surface area contributed by atoms with Gasteiger partial charge in [0.1, 0.15) is 6.54 Å². The monoisotopic (exact) mass is 299 g/mol. The first kappa shape index (κ1) is 16.6. The highest BCUT2D eigenvalue weighted by molar-refractivity contribution is 5.01. The standard InChI is InChI=1S/C15H26N.BrH/c1-3-4-5-6-7-8-9-12-16-13-10-11-15(2)14-16;/h10-11,13-14H,3-9,12H2,1-2H3;1H/q+1;/p-1. The van der Waals surface area contributed by atoms with Gasteiger partial charge in [0, 0.05) is 18.1 Å². The minimum Gasteiger partial charge on any atom is -1.00 e. The molecule has 0 aliphatic rings. The molecule has 0 N–H and O–H groups in total. The molecule has 0 bridgehead atoms. The zero-order valence-electron chi connectivity index (χ0n) is 11.3. The summed E-state index contributed by atoms with van der Waals surface area (Å²) in [6.07, 6.45) is 14.1. The fraction of sp³-hybridized carbons (Fsp3) is 0.667. The third-order valence-electron chi connectivity index (χ3n) is 3.03. The van der Waals surface area contributed by atoms with Gasteiger partial charge in [0.25, 0.3) is 0 Å². The number of hydrogen-bond acceptors (Lipinski definition) is 0. The first-order valence-electron chi connectivity index (χ1n) is 6.78. The molecule has 17 heavy (non-hydrogen) atoms. The number of halogens is 1. The van der Waals surface area contributed by atoms with Crippen molar-refractivity contribution < 1.29 is 21.5 Å². The van der Waals surface area contributed by atoms with E-state index in [-0.39, 0.29) is 17.0 Å².